The molecule has 3 nitrogen and oxygen atoms in total. The summed E-state index contributed by atoms with van der Waals surface area (Å²) in [5.74, 6) is 1.72. The van der Waals surface area contributed by atoms with Crippen molar-refractivity contribution >= 4 is 0 Å². The molecular weight excluding hydrogens is 248 g/mol. The maximum absolute atomic E-state index is 9.06. The summed E-state index contributed by atoms with van der Waals surface area (Å²) in [4.78, 5) is 5.51. The molecule has 0 bridgehead atoms. The van der Waals surface area contributed by atoms with Gasteiger partial charge in [0.25, 0.3) is 0 Å². The third-order valence-corrected chi connectivity index (χ3v) is 5.97. The van der Waals surface area contributed by atoms with Crippen LogP contribution in [0.5, 0.6) is 0 Å². The zero-order valence-electron chi connectivity index (χ0n) is 13.0. The van der Waals surface area contributed by atoms with Gasteiger partial charge in [-0.05, 0) is 83.0 Å². The van der Waals surface area contributed by atoms with Crippen molar-refractivity contribution in [1.82, 2.24) is 9.80 Å². The van der Waals surface area contributed by atoms with E-state index in [4.69, 9.17) is 5.11 Å². The van der Waals surface area contributed by atoms with Crippen molar-refractivity contribution < 1.29 is 5.11 Å². The molecule has 3 saturated heterocycles. The zero-order chi connectivity index (χ0) is 13.8. The topological polar surface area (TPSA) is 26.7 Å². The van der Waals surface area contributed by atoms with Crippen LogP contribution in [0.15, 0.2) is 0 Å². The van der Waals surface area contributed by atoms with Gasteiger partial charge in [-0.2, -0.15) is 0 Å². The number of likely N-dealkylation sites (tertiary alicyclic amines) is 1. The molecule has 3 aliphatic rings. The Balaban J connectivity index is 1.47. The van der Waals surface area contributed by atoms with Crippen LogP contribution in [0.3, 0.4) is 0 Å². The molecule has 0 aromatic heterocycles. The van der Waals surface area contributed by atoms with E-state index in [1.54, 1.807) is 0 Å². The molecule has 0 radical (unpaired) electrons. The minimum absolute atomic E-state index is 0.379. The third-order valence-electron chi connectivity index (χ3n) is 5.97. The third kappa shape index (κ3) is 3.55. The second kappa shape index (κ2) is 7.24. The lowest BCUT2D eigenvalue weighted by atomic mass is 9.82. The van der Waals surface area contributed by atoms with E-state index in [1.807, 2.05) is 0 Å². The highest BCUT2D eigenvalue weighted by Gasteiger charge is 2.34. The van der Waals surface area contributed by atoms with Crippen LogP contribution in [-0.2, 0) is 0 Å². The predicted molar refractivity (Wildman–Crippen MR) is 82.8 cm³/mol. The number of aliphatic hydroxyl groups is 1. The summed E-state index contributed by atoms with van der Waals surface area (Å²) in [5.41, 5.74) is 0. The second-order valence-corrected chi connectivity index (χ2v) is 7.26. The summed E-state index contributed by atoms with van der Waals surface area (Å²) >= 11 is 0. The fourth-order valence-electron chi connectivity index (χ4n) is 4.76. The van der Waals surface area contributed by atoms with Crippen molar-refractivity contribution in [3.05, 3.63) is 0 Å². The zero-order valence-corrected chi connectivity index (χ0v) is 13.0. The van der Waals surface area contributed by atoms with Crippen molar-refractivity contribution in [2.75, 3.05) is 39.3 Å². The fraction of sp³-hybridized carbons (Fsp3) is 1.00. The van der Waals surface area contributed by atoms with Crippen LogP contribution in [0.4, 0.5) is 0 Å². The lowest BCUT2D eigenvalue weighted by Gasteiger charge is -2.46. The van der Waals surface area contributed by atoms with Gasteiger partial charge in [-0.15, -0.1) is 0 Å². The van der Waals surface area contributed by atoms with Gasteiger partial charge in [0.05, 0.1) is 0 Å². The van der Waals surface area contributed by atoms with Crippen LogP contribution < -0.4 is 0 Å². The molecule has 1 N–H and O–H groups in total. The van der Waals surface area contributed by atoms with Crippen LogP contribution in [0.25, 0.3) is 0 Å². The molecule has 0 unspecified atom stereocenters. The lowest BCUT2D eigenvalue weighted by Crippen LogP contribution is -2.51. The van der Waals surface area contributed by atoms with Gasteiger partial charge >= 0.3 is 0 Å². The summed E-state index contributed by atoms with van der Waals surface area (Å²) in [6, 6.07) is 0.896. The maximum atomic E-state index is 9.06. The highest BCUT2D eigenvalue weighted by atomic mass is 16.3. The normalized spacial score (nSPS) is 34.0. The second-order valence-electron chi connectivity index (χ2n) is 7.26. The molecule has 0 aromatic rings. The number of fused-ring (bicyclic) bond motifs is 1. The Morgan fingerprint density at radius 2 is 1.65 bits per heavy atom. The van der Waals surface area contributed by atoms with Crippen LogP contribution in [0, 0.1) is 11.8 Å². The first-order valence-electron chi connectivity index (χ1n) is 8.94. The van der Waals surface area contributed by atoms with E-state index in [0.29, 0.717) is 6.61 Å². The van der Waals surface area contributed by atoms with Gasteiger partial charge in [-0.1, -0.05) is 6.42 Å². The Morgan fingerprint density at radius 1 is 0.850 bits per heavy atom. The van der Waals surface area contributed by atoms with Gasteiger partial charge in [-0.25, -0.2) is 0 Å². The smallest absolute Gasteiger partial charge is 0.0433 e. The predicted octanol–water partition coefficient (Wildman–Crippen LogP) is 2.35. The van der Waals surface area contributed by atoms with E-state index in [2.05, 4.69) is 9.80 Å². The number of nitrogens with zero attached hydrogens (tertiary/aromatic N) is 2. The highest BCUT2D eigenvalue weighted by molar-refractivity contribution is 4.89. The number of hydrogen-bond donors (Lipinski definition) is 1. The minimum Gasteiger partial charge on any atom is -0.396 e. The van der Waals surface area contributed by atoms with E-state index in [9.17, 15) is 0 Å². The van der Waals surface area contributed by atoms with Crippen molar-refractivity contribution in [3.63, 3.8) is 0 Å². The first-order chi connectivity index (χ1) is 9.86. The Hall–Kier alpha value is -0.120. The number of piperidine rings is 3. The van der Waals surface area contributed by atoms with Crippen molar-refractivity contribution in [2.45, 2.75) is 57.4 Å². The average molecular weight is 280 g/mol. The Labute approximate surface area is 124 Å². The minimum atomic E-state index is 0.379. The summed E-state index contributed by atoms with van der Waals surface area (Å²) in [7, 11) is 0. The summed E-state index contributed by atoms with van der Waals surface area (Å²) in [6.07, 6.45) is 10.8. The van der Waals surface area contributed by atoms with E-state index < -0.39 is 0 Å². The molecule has 0 aliphatic carbocycles. The molecule has 0 spiro atoms. The number of rotatable bonds is 4. The maximum Gasteiger partial charge on any atom is 0.0433 e. The largest absolute Gasteiger partial charge is 0.396 e. The molecule has 3 heteroatoms. The average Bonchev–Trinajstić information content (AvgIpc) is 2.50. The van der Waals surface area contributed by atoms with E-state index in [1.165, 1.54) is 77.7 Å². The van der Waals surface area contributed by atoms with Gasteiger partial charge in [-0.3, -0.25) is 0 Å². The van der Waals surface area contributed by atoms with Gasteiger partial charge in [0.2, 0.25) is 0 Å². The molecule has 3 aliphatic heterocycles. The van der Waals surface area contributed by atoms with E-state index in [-0.39, 0.29) is 0 Å². The summed E-state index contributed by atoms with van der Waals surface area (Å²) in [6.45, 7) is 6.98. The Morgan fingerprint density at radius 3 is 2.45 bits per heavy atom. The molecule has 0 aromatic carbocycles. The molecule has 0 amide bonds. The van der Waals surface area contributed by atoms with Gasteiger partial charge in [0.1, 0.15) is 0 Å². The Kier molecular flexibility index (Phi) is 5.36. The molecule has 20 heavy (non-hydrogen) atoms. The monoisotopic (exact) mass is 280 g/mol. The van der Waals surface area contributed by atoms with Crippen LogP contribution >= 0.6 is 0 Å². The van der Waals surface area contributed by atoms with E-state index in [0.717, 1.165) is 24.3 Å². The van der Waals surface area contributed by atoms with Crippen LogP contribution in [-0.4, -0.2) is 60.3 Å². The quantitative estimate of drug-likeness (QED) is 0.856. The number of hydrogen-bond acceptors (Lipinski definition) is 3. The summed E-state index contributed by atoms with van der Waals surface area (Å²) in [5, 5.41) is 9.06. The molecule has 3 heterocycles. The fourth-order valence-corrected chi connectivity index (χ4v) is 4.76. The van der Waals surface area contributed by atoms with Crippen molar-refractivity contribution in [3.8, 4) is 0 Å². The summed E-state index contributed by atoms with van der Waals surface area (Å²) < 4.78 is 0. The van der Waals surface area contributed by atoms with Crippen LogP contribution in [0.1, 0.15) is 51.4 Å². The SMILES string of the molecule is OCCC1CCN(C[C@@H]2CCCN3CCCC[C@H]23)CC1. The molecule has 116 valence electrons. The van der Waals surface area contributed by atoms with Crippen molar-refractivity contribution in [2.24, 2.45) is 11.8 Å². The lowest BCUT2D eigenvalue weighted by molar-refractivity contribution is 0.0327. The highest BCUT2D eigenvalue weighted by Crippen LogP contribution is 2.32. The molecular formula is C17H32N2O. The van der Waals surface area contributed by atoms with Crippen LogP contribution in [0.2, 0.25) is 0 Å². The Bertz CT molecular complexity index is 287. The standard InChI is InChI=1S/C17H32N2O/c20-13-8-15-6-11-18(12-7-15)14-16-4-3-10-19-9-2-1-5-17(16)19/h15-17,20H,1-14H2/t16-,17+/m0/s1. The van der Waals surface area contributed by atoms with Gasteiger partial charge in [0, 0.05) is 19.2 Å². The first-order valence-corrected chi connectivity index (χ1v) is 8.94. The van der Waals surface area contributed by atoms with Crippen molar-refractivity contribution in [1.29, 1.82) is 0 Å². The molecule has 3 fully saturated rings. The first kappa shape index (κ1) is 14.8. The molecule has 3 rings (SSSR count). The molecule has 2 atom stereocenters. The van der Waals surface area contributed by atoms with Gasteiger partial charge in [0.15, 0.2) is 0 Å². The van der Waals surface area contributed by atoms with E-state index >= 15 is 0 Å². The molecule has 0 saturated carbocycles. The number of aliphatic hydroxyl groups excluding tert-OH is 1. The van der Waals surface area contributed by atoms with Gasteiger partial charge < -0.3 is 14.9 Å².